The van der Waals surface area contributed by atoms with Gasteiger partial charge in [0.25, 0.3) is 5.69 Å². The Balaban J connectivity index is 2.38. The number of nitro benzene ring substituents is 1. The summed E-state index contributed by atoms with van der Waals surface area (Å²) in [5.41, 5.74) is -1.12. The van der Waals surface area contributed by atoms with Crippen LogP contribution in [-0.2, 0) is 0 Å². The number of Topliss-reactive ketones (excluding diaryl/α,β-unsaturated/α-hetero) is 1. The van der Waals surface area contributed by atoms with Gasteiger partial charge in [0.2, 0.25) is 5.43 Å². The van der Waals surface area contributed by atoms with E-state index in [2.05, 4.69) is 10.3 Å². The van der Waals surface area contributed by atoms with Crippen LogP contribution in [0.2, 0.25) is 15.1 Å². The number of aromatic nitrogens is 1. The molecule has 0 saturated carbocycles. The minimum Gasteiger partial charge on any atom is -0.340 e. The quantitative estimate of drug-likeness (QED) is 0.299. The second-order valence-electron chi connectivity index (χ2n) is 5.78. The summed E-state index contributed by atoms with van der Waals surface area (Å²) in [6, 6.07) is 7.24. The summed E-state index contributed by atoms with van der Waals surface area (Å²) in [4.78, 5) is 39.1. The van der Waals surface area contributed by atoms with E-state index in [4.69, 9.17) is 34.8 Å². The van der Waals surface area contributed by atoms with E-state index >= 15 is 0 Å². The van der Waals surface area contributed by atoms with Crippen LogP contribution >= 0.6 is 34.8 Å². The van der Waals surface area contributed by atoms with Gasteiger partial charge in [0.05, 0.1) is 31.2 Å². The summed E-state index contributed by atoms with van der Waals surface area (Å²) in [5.74, 6) is -0.478. The lowest BCUT2D eigenvalue weighted by molar-refractivity contribution is -0.383. The highest BCUT2D eigenvalue weighted by molar-refractivity contribution is 6.43. The van der Waals surface area contributed by atoms with Gasteiger partial charge in [-0.3, -0.25) is 19.7 Å². The number of anilines is 2. The van der Waals surface area contributed by atoms with Crippen molar-refractivity contribution in [3.63, 3.8) is 0 Å². The predicted octanol–water partition coefficient (Wildman–Crippen LogP) is 5.73. The molecule has 0 aliphatic carbocycles. The Bertz CT molecular complexity index is 1190. The van der Waals surface area contributed by atoms with Crippen LogP contribution in [0.15, 0.2) is 35.1 Å². The van der Waals surface area contributed by atoms with Gasteiger partial charge in [-0.15, -0.1) is 0 Å². The first-order chi connectivity index (χ1) is 13.3. The molecule has 0 unspecified atom stereocenters. The topological polar surface area (TPSA) is 105 Å². The number of aromatic amines is 1. The maximum absolute atomic E-state index is 13.1. The number of hydrogen-bond donors (Lipinski definition) is 2. The lowest BCUT2D eigenvalue weighted by Gasteiger charge is -2.14. The third-order valence-corrected chi connectivity index (χ3v) is 5.23. The molecule has 2 N–H and O–H groups in total. The number of rotatable bonds is 5. The summed E-state index contributed by atoms with van der Waals surface area (Å²) in [6.45, 7) is 1.58. The molecular formula is C18H12Cl3N3O4. The fourth-order valence-electron chi connectivity index (χ4n) is 2.77. The van der Waals surface area contributed by atoms with Crippen LogP contribution in [0.25, 0.3) is 10.9 Å². The monoisotopic (exact) mass is 439 g/mol. The number of ketones is 1. The number of nitrogens with zero attached hydrogens (tertiary/aromatic N) is 1. The normalized spacial score (nSPS) is 10.9. The summed E-state index contributed by atoms with van der Waals surface area (Å²) >= 11 is 18.3. The number of carbonyl (C=O) groups excluding carboxylic acids is 1. The van der Waals surface area contributed by atoms with E-state index in [0.717, 1.165) is 6.07 Å². The Kier molecular flexibility index (Phi) is 5.60. The second-order valence-corrected chi connectivity index (χ2v) is 6.97. The Morgan fingerprint density at radius 2 is 1.89 bits per heavy atom. The molecule has 144 valence electrons. The van der Waals surface area contributed by atoms with Gasteiger partial charge in [0.1, 0.15) is 16.8 Å². The Labute approximate surface area is 173 Å². The molecule has 0 amide bonds. The minimum absolute atomic E-state index is 0.0148. The van der Waals surface area contributed by atoms with Crippen molar-refractivity contribution in [2.24, 2.45) is 0 Å². The molecule has 0 bridgehead atoms. The number of H-pyrrole nitrogens is 1. The zero-order valence-electron chi connectivity index (χ0n) is 14.3. The molecule has 0 saturated heterocycles. The minimum atomic E-state index is -0.796. The maximum atomic E-state index is 13.1. The highest BCUT2D eigenvalue weighted by atomic mass is 35.5. The Hall–Kier alpha value is -2.61. The molecule has 3 rings (SSSR count). The fraction of sp³-hybridized carbons (Fsp3) is 0.111. The van der Waals surface area contributed by atoms with Crippen LogP contribution < -0.4 is 10.7 Å². The Morgan fingerprint density at radius 3 is 2.54 bits per heavy atom. The number of carbonyl (C=O) groups is 1. The van der Waals surface area contributed by atoms with Crippen LogP contribution in [0.1, 0.15) is 23.7 Å². The second kappa shape index (κ2) is 7.79. The van der Waals surface area contributed by atoms with Gasteiger partial charge in [-0.05, 0) is 18.2 Å². The first kappa shape index (κ1) is 20.1. The van der Waals surface area contributed by atoms with Crippen LogP contribution in [0.3, 0.4) is 0 Å². The highest BCUT2D eigenvalue weighted by Crippen LogP contribution is 2.34. The first-order valence-electron chi connectivity index (χ1n) is 8.03. The van der Waals surface area contributed by atoms with E-state index in [1.807, 2.05) is 0 Å². The molecule has 7 nitrogen and oxygen atoms in total. The lowest BCUT2D eigenvalue weighted by atomic mass is 10.0. The van der Waals surface area contributed by atoms with E-state index < -0.39 is 21.8 Å². The van der Waals surface area contributed by atoms with Crippen molar-refractivity contribution in [3.05, 3.63) is 71.3 Å². The van der Waals surface area contributed by atoms with Crippen molar-refractivity contribution >= 4 is 68.7 Å². The van der Waals surface area contributed by atoms with Crippen molar-refractivity contribution in [2.75, 3.05) is 5.32 Å². The molecule has 0 atom stereocenters. The fourth-order valence-corrected chi connectivity index (χ4v) is 3.32. The van der Waals surface area contributed by atoms with Crippen LogP contribution in [0.5, 0.6) is 0 Å². The summed E-state index contributed by atoms with van der Waals surface area (Å²) in [6.07, 6.45) is 0.0148. The molecular weight excluding hydrogens is 429 g/mol. The lowest BCUT2D eigenvalue weighted by Crippen LogP contribution is -2.20. The highest BCUT2D eigenvalue weighted by Gasteiger charge is 2.25. The van der Waals surface area contributed by atoms with Crippen molar-refractivity contribution in [1.82, 2.24) is 4.98 Å². The smallest absolute Gasteiger partial charge is 0.282 e. The molecule has 1 aromatic heterocycles. The molecule has 10 heteroatoms. The molecule has 0 aliphatic heterocycles. The summed E-state index contributed by atoms with van der Waals surface area (Å²) in [5, 5.41) is 14.5. The number of nitro groups is 1. The van der Waals surface area contributed by atoms with E-state index in [1.54, 1.807) is 25.1 Å². The molecule has 0 radical (unpaired) electrons. The molecule has 0 aliphatic rings. The van der Waals surface area contributed by atoms with Gasteiger partial charge in [-0.25, -0.2) is 0 Å². The number of halogens is 3. The first-order valence-corrected chi connectivity index (χ1v) is 9.16. The van der Waals surface area contributed by atoms with Gasteiger partial charge in [0, 0.05) is 12.5 Å². The van der Waals surface area contributed by atoms with Crippen LogP contribution in [0.4, 0.5) is 17.2 Å². The summed E-state index contributed by atoms with van der Waals surface area (Å²) < 4.78 is 0. The average molecular weight is 441 g/mol. The zero-order chi connectivity index (χ0) is 20.6. The van der Waals surface area contributed by atoms with Crippen molar-refractivity contribution < 1.29 is 9.72 Å². The maximum Gasteiger partial charge on any atom is 0.282 e. The van der Waals surface area contributed by atoms with Gasteiger partial charge < -0.3 is 10.3 Å². The molecule has 3 aromatic rings. The van der Waals surface area contributed by atoms with Crippen LogP contribution in [-0.4, -0.2) is 15.7 Å². The number of pyridine rings is 1. The Morgan fingerprint density at radius 1 is 1.18 bits per heavy atom. The third-order valence-electron chi connectivity index (χ3n) is 4.09. The zero-order valence-corrected chi connectivity index (χ0v) is 16.6. The third kappa shape index (κ3) is 3.44. The largest absolute Gasteiger partial charge is 0.340 e. The van der Waals surface area contributed by atoms with Gasteiger partial charge >= 0.3 is 0 Å². The van der Waals surface area contributed by atoms with Gasteiger partial charge in [-0.2, -0.15) is 0 Å². The van der Waals surface area contributed by atoms with Crippen molar-refractivity contribution in [1.29, 1.82) is 0 Å². The number of benzene rings is 2. The van der Waals surface area contributed by atoms with Crippen molar-refractivity contribution in [3.8, 4) is 0 Å². The standard InChI is InChI=1S/C18H12Cl3N3O4/c1-2-12(25)14-17(26)13-11(24(27)28)7-6-9(20)16(13)23-18(14)22-10-5-3-4-8(19)15(10)21/h3-7H,2H2,1H3,(H2,22,23,26). The molecule has 28 heavy (non-hydrogen) atoms. The molecule has 0 spiro atoms. The summed E-state index contributed by atoms with van der Waals surface area (Å²) in [7, 11) is 0. The van der Waals surface area contributed by atoms with E-state index in [0.29, 0.717) is 5.69 Å². The predicted molar refractivity (Wildman–Crippen MR) is 111 cm³/mol. The molecule has 1 heterocycles. The van der Waals surface area contributed by atoms with E-state index in [1.165, 1.54) is 6.07 Å². The van der Waals surface area contributed by atoms with Crippen LogP contribution in [0, 0.1) is 10.1 Å². The number of non-ortho nitro benzene ring substituents is 1. The SMILES string of the molecule is CCC(=O)c1c(Nc2cccc(Cl)c2Cl)[nH]c2c(Cl)ccc([N+](=O)[O-])c2c1=O. The number of fused-ring (bicyclic) bond motifs is 1. The van der Waals surface area contributed by atoms with Gasteiger partial charge in [-0.1, -0.05) is 47.8 Å². The van der Waals surface area contributed by atoms with E-state index in [-0.39, 0.29) is 43.8 Å². The number of hydrogen-bond acceptors (Lipinski definition) is 5. The van der Waals surface area contributed by atoms with E-state index in [9.17, 15) is 19.7 Å². The van der Waals surface area contributed by atoms with Crippen molar-refractivity contribution in [2.45, 2.75) is 13.3 Å². The number of nitrogens with one attached hydrogen (secondary N) is 2. The molecule has 0 fully saturated rings. The average Bonchev–Trinajstić information content (AvgIpc) is 2.65. The molecule has 2 aromatic carbocycles. The van der Waals surface area contributed by atoms with Gasteiger partial charge in [0.15, 0.2) is 5.78 Å².